The predicted octanol–water partition coefficient (Wildman–Crippen LogP) is 3.71. The zero-order valence-electron chi connectivity index (χ0n) is 10.5. The zero-order chi connectivity index (χ0) is 15.4. The number of rotatable bonds is 2. The first-order chi connectivity index (χ1) is 9.95. The monoisotopic (exact) mass is 326 g/mol. The van der Waals surface area contributed by atoms with Crippen LogP contribution in [0.2, 0.25) is 10.0 Å². The van der Waals surface area contributed by atoms with Gasteiger partial charge in [0, 0.05) is 11.4 Å². The van der Waals surface area contributed by atoms with Gasteiger partial charge in [-0.25, -0.2) is 4.39 Å². The second-order valence-electron chi connectivity index (χ2n) is 4.04. The second-order valence-corrected chi connectivity index (χ2v) is 4.86. The first-order valence-electron chi connectivity index (χ1n) is 5.78. The minimum absolute atomic E-state index is 0.258. The van der Waals surface area contributed by atoms with E-state index in [0.717, 1.165) is 0 Å². The molecule has 2 aromatic rings. The summed E-state index contributed by atoms with van der Waals surface area (Å²) in [5.74, 6) is -2.20. The van der Waals surface area contributed by atoms with Gasteiger partial charge in [0.2, 0.25) is 0 Å². The van der Waals surface area contributed by atoms with E-state index in [9.17, 15) is 14.0 Å². The highest BCUT2D eigenvalue weighted by Gasteiger charge is 2.14. The van der Waals surface area contributed by atoms with Gasteiger partial charge < -0.3 is 10.6 Å². The lowest BCUT2D eigenvalue weighted by atomic mass is 10.3. The van der Waals surface area contributed by atoms with Crippen LogP contribution >= 0.6 is 23.2 Å². The maximum Gasteiger partial charge on any atom is 0.314 e. The molecule has 0 fully saturated rings. The van der Waals surface area contributed by atoms with Crippen molar-refractivity contribution in [1.82, 2.24) is 0 Å². The minimum atomic E-state index is -0.882. The lowest BCUT2D eigenvalue weighted by molar-refractivity contribution is -0.132. The molecule has 0 aliphatic carbocycles. The molecule has 0 heterocycles. The number of benzene rings is 2. The fourth-order valence-corrected chi connectivity index (χ4v) is 1.78. The maximum absolute atomic E-state index is 12.7. The quantitative estimate of drug-likeness (QED) is 0.826. The largest absolute Gasteiger partial charge is 0.318 e. The summed E-state index contributed by atoms with van der Waals surface area (Å²) >= 11 is 11.5. The molecule has 0 unspecified atom stereocenters. The van der Waals surface area contributed by atoms with E-state index in [-0.39, 0.29) is 5.02 Å². The van der Waals surface area contributed by atoms with Crippen molar-refractivity contribution in [2.45, 2.75) is 0 Å². The van der Waals surface area contributed by atoms with Crippen LogP contribution in [0.3, 0.4) is 0 Å². The van der Waals surface area contributed by atoms with E-state index in [0.29, 0.717) is 16.4 Å². The van der Waals surface area contributed by atoms with Crippen LogP contribution in [0.1, 0.15) is 0 Å². The third-order valence-corrected chi connectivity index (χ3v) is 3.22. The molecule has 2 amide bonds. The van der Waals surface area contributed by atoms with Crippen molar-refractivity contribution in [3.05, 3.63) is 58.3 Å². The van der Waals surface area contributed by atoms with Crippen LogP contribution in [0.4, 0.5) is 15.8 Å². The van der Waals surface area contributed by atoms with E-state index >= 15 is 0 Å². The number of carbonyl (C=O) groups excluding carboxylic acids is 2. The number of carbonyl (C=O) groups is 2. The Labute approximate surface area is 129 Å². The molecule has 0 bridgehead atoms. The van der Waals surface area contributed by atoms with Gasteiger partial charge in [-0.05, 0) is 42.5 Å². The van der Waals surface area contributed by atoms with Gasteiger partial charge in [0.05, 0.1) is 10.0 Å². The van der Waals surface area contributed by atoms with Crippen LogP contribution < -0.4 is 10.6 Å². The number of nitrogens with one attached hydrogen (secondary N) is 2. The molecule has 21 heavy (non-hydrogen) atoms. The maximum atomic E-state index is 12.7. The first kappa shape index (κ1) is 15.3. The Balaban J connectivity index is 2.00. The first-order valence-corrected chi connectivity index (χ1v) is 6.54. The molecule has 4 nitrogen and oxygen atoms in total. The number of hydrogen-bond donors (Lipinski definition) is 2. The van der Waals surface area contributed by atoms with Crippen LogP contribution in [0.15, 0.2) is 42.5 Å². The Morgan fingerprint density at radius 1 is 0.810 bits per heavy atom. The van der Waals surface area contributed by atoms with E-state index in [2.05, 4.69) is 10.6 Å². The average molecular weight is 327 g/mol. The molecular formula is C14H9Cl2FN2O2. The van der Waals surface area contributed by atoms with Gasteiger partial charge in [-0.15, -0.1) is 0 Å². The fourth-order valence-electron chi connectivity index (χ4n) is 1.48. The van der Waals surface area contributed by atoms with Crippen molar-refractivity contribution in [1.29, 1.82) is 0 Å². The minimum Gasteiger partial charge on any atom is -0.318 e. The van der Waals surface area contributed by atoms with Crippen molar-refractivity contribution in [2.24, 2.45) is 0 Å². The topological polar surface area (TPSA) is 58.2 Å². The molecule has 0 aliphatic rings. The van der Waals surface area contributed by atoms with Gasteiger partial charge in [0.15, 0.2) is 0 Å². The van der Waals surface area contributed by atoms with Gasteiger partial charge in [-0.1, -0.05) is 23.2 Å². The predicted molar refractivity (Wildman–Crippen MR) is 80.1 cm³/mol. The molecule has 0 radical (unpaired) electrons. The third kappa shape index (κ3) is 4.18. The van der Waals surface area contributed by atoms with Crippen molar-refractivity contribution in [2.75, 3.05) is 10.6 Å². The van der Waals surface area contributed by atoms with Gasteiger partial charge >= 0.3 is 11.8 Å². The van der Waals surface area contributed by atoms with Crippen LogP contribution in [0.5, 0.6) is 0 Å². The second kappa shape index (κ2) is 6.56. The lowest BCUT2D eigenvalue weighted by Crippen LogP contribution is -2.29. The van der Waals surface area contributed by atoms with Crippen LogP contribution in [0, 0.1) is 5.82 Å². The highest BCUT2D eigenvalue weighted by atomic mass is 35.5. The summed E-state index contributed by atoms with van der Waals surface area (Å²) in [6, 6.07) is 9.47. The number of hydrogen-bond acceptors (Lipinski definition) is 2. The van der Waals surface area contributed by atoms with Crippen molar-refractivity contribution < 1.29 is 14.0 Å². The average Bonchev–Trinajstić information content (AvgIpc) is 2.45. The summed E-state index contributed by atoms with van der Waals surface area (Å²) in [5.41, 5.74) is 0.648. The number of amides is 2. The summed E-state index contributed by atoms with van der Waals surface area (Å²) < 4.78 is 12.7. The summed E-state index contributed by atoms with van der Waals surface area (Å²) in [5, 5.41) is 5.31. The van der Waals surface area contributed by atoms with Crippen molar-refractivity contribution >= 4 is 46.4 Å². The van der Waals surface area contributed by atoms with Crippen LogP contribution in [-0.2, 0) is 9.59 Å². The molecule has 2 N–H and O–H groups in total. The Bertz CT molecular complexity index is 690. The smallest absolute Gasteiger partial charge is 0.314 e. The van der Waals surface area contributed by atoms with E-state index in [4.69, 9.17) is 23.2 Å². The van der Waals surface area contributed by atoms with E-state index in [1.54, 1.807) is 0 Å². The van der Waals surface area contributed by atoms with Gasteiger partial charge in [0.1, 0.15) is 5.82 Å². The SMILES string of the molecule is O=C(Nc1ccc(F)cc1)C(=O)Nc1ccc(Cl)c(Cl)c1. The number of anilines is 2. The van der Waals surface area contributed by atoms with Crippen LogP contribution in [0.25, 0.3) is 0 Å². The molecule has 0 saturated carbocycles. The molecule has 0 atom stereocenters. The third-order valence-electron chi connectivity index (χ3n) is 2.49. The highest BCUT2D eigenvalue weighted by Crippen LogP contribution is 2.24. The summed E-state index contributed by atoms with van der Waals surface area (Å²) in [4.78, 5) is 23.4. The van der Waals surface area contributed by atoms with Crippen LogP contribution in [-0.4, -0.2) is 11.8 Å². The number of halogens is 3. The highest BCUT2D eigenvalue weighted by molar-refractivity contribution is 6.44. The molecule has 0 saturated heterocycles. The van der Waals surface area contributed by atoms with Crippen molar-refractivity contribution in [3.63, 3.8) is 0 Å². The molecule has 2 aromatic carbocycles. The molecule has 0 aliphatic heterocycles. The Kier molecular flexibility index (Phi) is 4.77. The lowest BCUT2D eigenvalue weighted by Gasteiger charge is -2.07. The molecular weight excluding hydrogens is 318 g/mol. The molecule has 2 rings (SSSR count). The molecule has 0 spiro atoms. The van der Waals surface area contributed by atoms with E-state index < -0.39 is 17.6 Å². The normalized spacial score (nSPS) is 10.0. The molecule has 108 valence electrons. The summed E-state index contributed by atoms with van der Waals surface area (Å²) in [7, 11) is 0. The molecule has 7 heteroatoms. The van der Waals surface area contributed by atoms with Gasteiger partial charge in [-0.3, -0.25) is 9.59 Å². The molecule has 0 aromatic heterocycles. The standard InChI is InChI=1S/C14H9Cl2FN2O2/c15-11-6-5-10(7-12(11)16)19-14(21)13(20)18-9-3-1-8(17)2-4-9/h1-7H,(H,18,20)(H,19,21). The fraction of sp³-hybridized carbons (Fsp3) is 0. The van der Waals surface area contributed by atoms with Gasteiger partial charge in [-0.2, -0.15) is 0 Å². The zero-order valence-corrected chi connectivity index (χ0v) is 12.0. The Morgan fingerprint density at radius 2 is 1.33 bits per heavy atom. The Hall–Kier alpha value is -2.11. The summed E-state index contributed by atoms with van der Waals surface area (Å²) in [6.45, 7) is 0. The summed E-state index contributed by atoms with van der Waals surface area (Å²) in [6.07, 6.45) is 0. The van der Waals surface area contributed by atoms with Gasteiger partial charge in [0.25, 0.3) is 0 Å². The van der Waals surface area contributed by atoms with E-state index in [1.165, 1.54) is 42.5 Å². The van der Waals surface area contributed by atoms with E-state index in [1.807, 2.05) is 0 Å². The van der Waals surface area contributed by atoms with Crippen molar-refractivity contribution in [3.8, 4) is 0 Å². The Morgan fingerprint density at radius 3 is 1.90 bits per heavy atom.